The summed E-state index contributed by atoms with van der Waals surface area (Å²) in [5.74, 6) is 1.04. The summed E-state index contributed by atoms with van der Waals surface area (Å²) in [6, 6.07) is 0.643. The summed E-state index contributed by atoms with van der Waals surface area (Å²) in [7, 11) is 2.28. The summed E-state index contributed by atoms with van der Waals surface area (Å²) < 4.78 is 0. The van der Waals surface area contributed by atoms with Gasteiger partial charge in [0.05, 0.1) is 0 Å². The number of hydrogen-bond donors (Lipinski definition) is 1. The van der Waals surface area contributed by atoms with E-state index in [1.807, 2.05) is 0 Å². The van der Waals surface area contributed by atoms with Crippen LogP contribution in [0.15, 0.2) is 0 Å². The lowest BCUT2D eigenvalue weighted by Crippen LogP contribution is -2.24. The van der Waals surface area contributed by atoms with E-state index in [-0.39, 0.29) is 0 Å². The fourth-order valence-electron chi connectivity index (χ4n) is 2.08. The zero-order valence-electron chi connectivity index (χ0n) is 11.5. The lowest BCUT2D eigenvalue weighted by atomic mass is 10.2. The molecular weight excluding hydrogens is 196 g/mol. The minimum absolute atomic E-state index is 0.643. The molecule has 0 aromatic heterocycles. The first-order valence-corrected chi connectivity index (χ1v) is 7.10. The molecule has 1 aliphatic rings. The minimum Gasteiger partial charge on any atom is -0.315 e. The Morgan fingerprint density at radius 2 is 1.81 bits per heavy atom. The van der Waals surface area contributed by atoms with Crippen LogP contribution in [-0.2, 0) is 0 Å². The second-order valence-corrected chi connectivity index (χ2v) is 5.73. The van der Waals surface area contributed by atoms with Crippen LogP contribution < -0.4 is 5.32 Å². The highest BCUT2D eigenvalue weighted by Crippen LogP contribution is 2.29. The van der Waals surface area contributed by atoms with Gasteiger partial charge in [0, 0.05) is 12.6 Å². The van der Waals surface area contributed by atoms with Gasteiger partial charge in [0.25, 0.3) is 0 Å². The Morgan fingerprint density at radius 3 is 2.44 bits per heavy atom. The van der Waals surface area contributed by atoms with Crippen molar-refractivity contribution in [2.75, 3.05) is 26.7 Å². The fourth-order valence-corrected chi connectivity index (χ4v) is 2.08. The molecule has 1 saturated carbocycles. The van der Waals surface area contributed by atoms with E-state index in [1.54, 1.807) is 0 Å². The van der Waals surface area contributed by atoms with Crippen molar-refractivity contribution >= 4 is 0 Å². The Labute approximate surface area is 102 Å². The molecular formula is C14H30N2. The average Bonchev–Trinajstić information content (AvgIpc) is 2.99. The molecule has 1 fully saturated rings. The van der Waals surface area contributed by atoms with Crippen molar-refractivity contribution in [1.82, 2.24) is 10.2 Å². The van der Waals surface area contributed by atoms with Gasteiger partial charge in [-0.15, -0.1) is 0 Å². The second kappa shape index (κ2) is 8.08. The molecule has 1 rings (SSSR count). The molecule has 0 spiro atoms. The first-order valence-electron chi connectivity index (χ1n) is 7.10. The van der Waals surface area contributed by atoms with E-state index in [4.69, 9.17) is 0 Å². The van der Waals surface area contributed by atoms with Crippen molar-refractivity contribution in [2.45, 2.75) is 58.4 Å². The van der Waals surface area contributed by atoms with E-state index in [0.29, 0.717) is 6.04 Å². The molecule has 0 radical (unpaired) electrons. The van der Waals surface area contributed by atoms with E-state index >= 15 is 0 Å². The highest BCUT2D eigenvalue weighted by molar-refractivity contribution is 4.75. The number of unbranched alkanes of at least 4 members (excludes halogenated alkanes) is 3. The monoisotopic (exact) mass is 226 g/mol. The minimum atomic E-state index is 0.643. The molecule has 96 valence electrons. The van der Waals surface area contributed by atoms with Gasteiger partial charge in [-0.05, 0) is 51.7 Å². The Bertz CT molecular complexity index is 164. The molecule has 16 heavy (non-hydrogen) atoms. The third-order valence-corrected chi connectivity index (χ3v) is 3.29. The first kappa shape index (κ1) is 14.0. The van der Waals surface area contributed by atoms with Crippen LogP contribution in [0.5, 0.6) is 0 Å². The number of nitrogens with zero attached hydrogens (tertiary/aromatic N) is 1. The summed E-state index contributed by atoms with van der Waals surface area (Å²) in [6.07, 6.45) is 8.46. The third-order valence-electron chi connectivity index (χ3n) is 3.29. The van der Waals surface area contributed by atoms with Gasteiger partial charge in [0.1, 0.15) is 0 Å². The number of rotatable bonds is 10. The molecule has 0 aromatic rings. The van der Waals surface area contributed by atoms with Gasteiger partial charge in [-0.1, -0.05) is 26.7 Å². The molecule has 2 nitrogen and oxygen atoms in total. The Balaban J connectivity index is 1.76. The first-order chi connectivity index (χ1) is 7.68. The molecule has 2 heteroatoms. The zero-order chi connectivity index (χ0) is 11.8. The van der Waals surface area contributed by atoms with Crippen LogP contribution in [-0.4, -0.2) is 37.6 Å². The summed E-state index contributed by atoms with van der Waals surface area (Å²) in [5, 5.41) is 3.47. The predicted molar refractivity (Wildman–Crippen MR) is 71.8 cm³/mol. The van der Waals surface area contributed by atoms with Gasteiger partial charge in [0.2, 0.25) is 0 Å². The van der Waals surface area contributed by atoms with Crippen molar-refractivity contribution in [1.29, 1.82) is 0 Å². The molecule has 0 atom stereocenters. The SMILES string of the molecule is CC(C)NCCCCCCN(C)CC1CC1. The Morgan fingerprint density at radius 1 is 1.12 bits per heavy atom. The highest BCUT2D eigenvalue weighted by atomic mass is 15.1. The fraction of sp³-hybridized carbons (Fsp3) is 1.00. The quantitative estimate of drug-likeness (QED) is 0.576. The maximum Gasteiger partial charge on any atom is 0.00103 e. The van der Waals surface area contributed by atoms with Crippen LogP contribution >= 0.6 is 0 Å². The Kier molecular flexibility index (Phi) is 7.06. The van der Waals surface area contributed by atoms with E-state index in [9.17, 15) is 0 Å². The van der Waals surface area contributed by atoms with Crippen molar-refractivity contribution in [3.05, 3.63) is 0 Å². The molecule has 0 aromatic carbocycles. The molecule has 1 N–H and O–H groups in total. The van der Waals surface area contributed by atoms with Gasteiger partial charge in [-0.3, -0.25) is 0 Å². The van der Waals surface area contributed by atoms with Gasteiger partial charge in [0.15, 0.2) is 0 Å². The Hall–Kier alpha value is -0.0800. The molecule has 0 heterocycles. The molecule has 0 amide bonds. The van der Waals surface area contributed by atoms with Crippen molar-refractivity contribution in [3.8, 4) is 0 Å². The van der Waals surface area contributed by atoms with Crippen LogP contribution in [0, 0.1) is 5.92 Å². The summed E-state index contributed by atoms with van der Waals surface area (Å²) in [5.41, 5.74) is 0. The lowest BCUT2D eigenvalue weighted by Gasteiger charge is -2.15. The van der Waals surface area contributed by atoms with Gasteiger partial charge < -0.3 is 10.2 Å². The van der Waals surface area contributed by atoms with Crippen molar-refractivity contribution in [3.63, 3.8) is 0 Å². The van der Waals surface area contributed by atoms with Crippen LogP contribution in [0.1, 0.15) is 52.4 Å². The van der Waals surface area contributed by atoms with E-state index in [1.165, 1.54) is 58.2 Å². The number of nitrogens with one attached hydrogen (secondary N) is 1. The largest absolute Gasteiger partial charge is 0.315 e. The van der Waals surface area contributed by atoms with E-state index in [0.717, 1.165) is 5.92 Å². The summed E-state index contributed by atoms with van der Waals surface area (Å²) in [6.45, 7) is 8.26. The summed E-state index contributed by atoms with van der Waals surface area (Å²) in [4.78, 5) is 2.52. The highest BCUT2D eigenvalue weighted by Gasteiger charge is 2.22. The smallest absolute Gasteiger partial charge is 0.00103 e. The van der Waals surface area contributed by atoms with E-state index in [2.05, 4.69) is 31.1 Å². The van der Waals surface area contributed by atoms with Crippen LogP contribution in [0.25, 0.3) is 0 Å². The third kappa shape index (κ3) is 8.12. The molecule has 0 bridgehead atoms. The standard InChI is InChI=1S/C14H30N2/c1-13(2)15-10-6-4-5-7-11-16(3)12-14-8-9-14/h13-15H,4-12H2,1-3H3. The van der Waals surface area contributed by atoms with Crippen molar-refractivity contribution < 1.29 is 0 Å². The lowest BCUT2D eigenvalue weighted by molar-refractivity contribution is 0.311. The molecule has 1 aliphatic carbocycles. The zero-order valence-corrected chi connectivity index (χ0v) is 11.5. The van der Waals surface area contributed by atoms with E-state index < -0.39 is 0 Å². The van der Waals surface area contributed by atoms with Crippen LogP contribution in [0.3, 0.4) is 0 Å². The number of hydrogen-bond acceptors (Lipinski definition) is 2. The molecule has 0 unspecified atom stereocenters. The second-order valence-electron chi connectivity index (χ2n) is 5.73. The molecule has 0 saturated heterocycles. The van der Waals surface area contributed by atoms with Gasteiger partial charge >= 0.3 is 0 Å². The summed E-state index contributed by atoms with van der Waals surface area (Å²) >= 11 is 0. The predicted octanol–water partition coefficient (Wildman–Crippen LogP) is 2.89. The molecule has 0 aliphatic heterocycles. The van der Waals surface area contributed by atoms with Crippen LogP contribution in [0.2, 0.25) is 0 Å². The van der Waals surface area contributed by atoms with Gasteiger partial charge in [-0.25, -0.2) is 0 Å². The van der Waals surface area contributed by atoms with Gasteiger partial charge in [-0.2, -0.15) is 0 Å². The average molecular weight is 226 g/mol. The van der Waals surface area contributed by atoms with Crippen molar-refractivity contribution in [2.24, 2.45) is 5.92 Å². The maximum atomic E-state index is 3.47. The normalized spacial score (nSPS) is 16.3. The van der Waals surface area contributed by atoms with Crippen LogP contribution in [0.4, 0.5) is 0 Å². The topological polar surface area (TPSA) is 15.3 Å². The maximum absolute atomic E-state index is 3.47.